The minimum Gasteiger partial charge on any atom is -0.406 e. The number of alkyl halides is 3. The number of carbonyl (C=O) groups is 1. The lowest BCUT2D eigenvalue weighted by Gasteiger charge is -2.12. The van der Waals surface area contributed by atoms with Crippen molar-refractivity contribution < 1.29 is 22.7 Å². The summed E-state index contributed by atoms with van der Waals surface area (Å²) in [6, 6.07) is 18.3. The van der Waals surface area contributed by atoms with Crippen LogP contribution in [-0.2, 0) is 13.0 Å². The van der Waals surface area contributed by atoms with Gasteiger partial charge in [-0.25, -0.2) is 0 Å². The van der Waals surface area contributed by atoms with E-state index in [-0.39, 0.29) is 12.3 Å². The molecular weight excluding hydrogens is 393 g/mol. The van der Waals surface area contributed by atoms with Crippen molar-refractivity contribution in [1.82, 2.24) is 4.57 Å². The highest BCUT2D eigenvalue weighted by Gasteiger charge is 2.31. The third kappa shape index (κ3) is 3.70. The maximum Gasteiger partial charge on any atom is 0.573 e. The van der Waals surface area contributed by atoms with Crippen LogP contribution in [0.3, 0.4) is 0 Å². The molecule has 3 aromatic carbocycles. The molecule has 4 aromatic rings. The third-order valence-electron chi connectivity index (χ3n) is 5.00. The Balaban J connectivity index is 1.90. The number of hydrogen-bond donors (Lipinski definition) is 1. The number of ether oxygens (including phenoxy) is 1. The number of hydrogen-bond acceptors (Lipinski definition) is 2. The van der Waals surface area contributed by atoms with E-state index >= 15 is 0 Å². The van der Waals surface area contributed by atoms with Gasteiger partial charge in [0.25, 0.3) is 0 Å². The summed E-state index contributed by atoms with van der Waals surface area (Å²) < 4.78 is 43.8. The second-order valence-electron chi connectivity index (χ2n) is 6.97. The van der Waals surface area contributed by atoms with Crippen LogP contribution in [0, 0.1) is 6.07 Å². The first-order valence-corrected chi connectivity index (χ1v) is 9.37. The summed E-state index contributed by atoms with van der Waals surface area (Å²) in [5.41, 5.74) is 9.24. The monoisotopic (exact) mass is 411 g/mol. The summed E-state index contributed by atoms with van der Waals surface area (Å²) in [6.07, 6.45) is -3.96. The van der Waals surface area contributed by atoms with Crippen LogP contribution in [-0.4, -0.2) is 16.8 Å². The standard InChI is InChI=1S/C23H18F3N2O2/c1-2-14-9-10-17-20(12-14)28(19-8-4-7-18(21(17)19)22(27)29)13-15-5-3-6-16(11-15)30-23(24,25)26/h3-9,11-12H,2,13H2,1H3,(H2,27,29). The molecule has 0 saturated heterocycles. The van der Waals surface area contributed by atoms with Crippen LogP contribution in [0.5, 0.6) is 5.75 Å². The van der Waals surface area contributed by atoms with Crippen LogP contribution in [0.25, 0.3) is 21.8 Å². The second kappa shape index (κ2) is 7.40. The Bertz CT molecular complexity index is 1260. The van der Waals surface area contributed by atoms with E-state index in [0.717, 1.165) is 28.4 Å². The Kier molecular flexibility index (Phi) is 4.89. The number of amides is 1. The first-order chi connectivity index (χ1) is 14.3. The summed E-state index contributed by atoms with van der Waals surface area (Å²) in [6.45, 7) is 2.31. The van der Waals surface area contributed by atoms with E-state index in [1.54, 1.807) is 18.2 Å². The van der Waals surface area contributed by atoms with Gasteiger partial charge in [0.05, 0.1) is 11.0 Å². The van der Waals surface area contributed by atoms with Gasteiger partial charge in [-0.3, -0.25) is 4.79 Å². The second-order valence-corrected chi connectivity index (χ2v) is 6.97. The van der Waals surface area contributed by atoms with Gasteiger partial charge in [0, 0.05) is 22.9 Å². The molecule has 1 heterocycles. The predicted octanol–water partition coefficient (Wildman–Crippen LogP) is 5.20. The lowest BCUT2D eigenvalue weighted by Crippen LogP contribution is -2.17. The Labute approximate surface area is 170 Å². The molecule has 153 valence electrons. The number of benzene rings is 3. The molecule has 4 nitrogen and oxygen atoms in total. The SMILES string of the molecule is CCc1c[c]c2c3c(C(N)=O)cccc3n(Cc3cccc(OC(F)(F)F)c3)c2c1. The molecule has 0 aliphatic heterocycles. The Morgan fingerprint density at radius 1 is 1.10 bits per heavy atom. The van der Waals surface area contributed by atoms with E-state index in [9.17, 15) is 18.0 Å². The van der Waals surface area contributed by atoms with Crippen LogP contribution in [0.15, 0.2) is 54.6 Å². The van der Waals surface area contributed by atoms with Gasteiger partial charge in [-0.2, -0.15) is 0 Å². The van der Waals surface area contributed by atoms with Crippen molar-refractivity contribution in [3.05, 3.63) is 77.4 Å². The van der Waals surface area contributed by atoms with Crippen LogP contribution < -0.4 is 10.5 Å². The number of halogens is 3. The van der Waals surface area contributed by atoms with Crippen molar-refractivity contribution in [3.63, 3.8) is 0 Å². The van der Waals surface area contributed by atoms with E-state index in [1.165, 1.54) is 18.2 Å². The lowest BCUT2D eigenvalue weighted by molar-refractivity contribution is -0.274. The van der Waals surface area contributed by atoms with Gasteiger partial charge in [-0.05, 0) is 53.9 Å². The van der Waals surface area contributed by atoms with Crippen LogP contribution in [0.2, 0.25) is 0 Å². The molecule has 0 aliphatic carbocycles. The minimum atomic E-state index is -4.76. The maximum absolute atomic E-state index is 12.6. The normalized spacial score (nSPS) is 11.9. The third-order valence-corrected chi connectivity index (χ3v) is 5.00. The summed E-state index contributed by atoms with van der Waals surface area (Å²) >= 11 is 0. The largest absolute Gasteiger partial charge is 0.573 e. The summed E-state index contributed by atoms with van der Waals surface area (Å²) in [5.74, 6) is -0.826. The summed E-state index contributed by atoms with van der Waals surface area (Å²) in [5, 5.41) is 1.43. The fraction of sp³-hybridized carbons (Fsp3) is 0.174. The lowest BCUT2D eigenvalue weighted by atomic mass is 10.0. The van der Waals surface area contributed by atoms with Crippen molar-refractivity contribution in [2.24, 2.45) is 5.73 Å². The zero-order chi connectivity index (χ0) is 21.5. The van der Waals surface area contributed by atoms with Crippen molar-refractivity contribution in [2.45, 2.75) is 26.3 Å². The molecule has 1 amide bonds. The first-order valence-electron chi connectivity index (χ1n) is 9.37. The van der Waals surface area contributed by atoms with Crippen LogP contribution in [0.1, 0.15) is 28.4 Å². The van der Waals surface area contributed by atoms with Gasteiger partial charge < -0.3 is 15.0 Å². The number of aryl methyl sites for hydroxylation is 1. The zero-order valence-corrected chi connectivity index (χ0v) is 16.1. The van der Waals surface area contributed by atoms with Crippen LogP contribution in [0.4, 0.5) is 13.2 Å². The highest BCUT2D eigenvalue weighted by molar-refractivity contribution is 6.17. The highest BCUT2D eigenvalue weighted by atomic mass is 19.4. The molecule has 0 fully saturated rings. The first kappa shape index (κ1) is 19.8. The van der Waals surface area contributed by atoms with E-state index < -0.39 is 12.3 Å². The topological polar surface area (TPSA) is 57.2 Å². The average molecular weight is 411 g/mol. The maximum atomic E-state index is 12.6. The minimum absolute atomic E-state index is 0.278. The van der Waals surface area contributed by atoms with E-state index in [1.807, 2.05) is 29.7 Å². The molecule has 1 aromatic heterocycles. The van der Waals surface area contributed by atoms with Gasteiger partial charge in [0.2, 0.25) is 5.91 Å². The molecule has 0 bridgehead atoms. The molecule has 30 heavy (non-hydrogen) atoms. The number of carbonyl (C=O) groups excluding carboxylic acids is 1. The fourth-order valence-electron chi connectivity index (χ4n) is 3.70. The number of aromatic nitrogens is 1. The molecule has 1 radical (unpaired) electrons. The van der Waals surface area contributed by atoms with Crippen molar-refractivity contribution in [1.29, 1.82) is 0 Å². The number of primary amides is 1. The summed E-state index contributed by atoms with van der Waals surface area (Å²) in [4.78, 5) is 12.0. The molecule has 7 heteroatoms. The van der Waals surface area contributed by atoms with Crippen molar-refractivity contribution in [3.8, 4) is 5.75 Å². The molecule has 0 spiro atoms. The number of nitrogens with two attached hydrogens (primary N) is 1. The quantitative estimate of drug-likeness (QED) is 0.491. The van der Waals surface area contributed by atoms with E-state index in [4.69, 9.17) is 5.73 Å². The highest BCUT2D eigenvalue weighted by Crippen LogP contribution is 2.33. The van der Waals surface area contributed by atoms with E-state index in [2.05, 4.69) is 10.8 Å². The smallest absolute Gasteiger partial charge is 0.406 e. The zero-order valence-electron chi connectivity index (χ0n) is 16.1. The number of rotatable bonds is 5. The molecule has 0 saturated carbocycles. The average Bonchev–Trinajstić information content (AvgIpc) is 3.00. The molecule has 0 atom stereocenters. The van der Waals surface area contributed by atoms with Gasteiger partial charge in [0.1, 0.15) is 5.75 Å². The Hall–Kier alpha value is -3.48. The predicted molar refractivity (Wildman–Crippen MR) is 108 cm³/mol. The number of nitrogens with zero attached hydrogens (tertiary/aromatic N) is 1. The van der Waals surface area contributed by atoms with E-state index in [0.29, 0.717) is 16.5 Å². The van der Waals surface area contributed by atoms with Gasteiger partial charge in [-0.1, -0.05) is 31.2 Å². The van der Waals surface area contributed by atoms with Crippen molar-refractivity contribution >= 4 is 27.7 Å². The van der Waals surface area contributed by atoms with Crippen molar-refractivity contribution in [2.75, 3.05) is 0 Å². The Morgan fingerprint density at radius 2 is 1.87 bits per heavy atom. The number of fused-ring (bicyclic) bond motifs is 3. The fourth-order valence-corrected chi connectivity index (χ4v) is 3.70. The molecule has 2 N–H and O–H groups in total. The molecule has 4 rings (SSSR count). The van der Waals surface area contributed by atoms with Crippen LogP contribution >= 0.6 is 0 Å². The van der Waals surface area contributed by atoms with Gasteiger partial charge >= 0.3 is 6.36 Å². The molecular formula is C23H18F3N2O2. The molecule has 0 aliphatic rings. The Morgan fingerprint density at radius 3 is 2.57 bits per heavy atom. The van der Waals surface area contributed by atoms with Gasteiger partial charge in [-0.15, -0.1) is 13.2 Å². The van der Waals surface area contributed by atoms with Gasteiger partial charge in [0.15, 0.2) is 0 Å². The molecule has 0 unspecified atom stereocenters. The summed E-state index contributed by atoms with van der Waals surface area (Å²) in [7, 11) is 0.